The van der Waals surface area contributed by atoms with Crippen LogP contribution in [0.1, 0.15) is 23.4 Å². The van der Waals surface area contributed by atoms with Gasteiger partial charge < -0.3 is 14.7 Å². The molecule has 1 N–H and O–H groups in total. The molecule has 3 rings (SSSR count). The lowest BCUT2D eigenvalue weighted by atomic mass is 10.4. The second-order valence-electron chi connectivity index (χ2n) is 4.29. The van der Waals surface area contributed by atoms with Crippen LogP contribution in [0.2, 0.25) is 0 Å². The first kappa shape index (κ1) is 11.6. The molecule has 1 aliphatic rings. The second kappa shape index (κ2) is 5.05. The Morgan fingerprint density at radius 2 is 2.16 bits per heavy atom. The number of aromatic nitrogens is 3. The maximum absolute atomic E-state index is 11.8. The number of anilines is 2. The van der Waals surface area contributed by atoms with Crippen LogP contribution in [0, 0.1) is 0 Å². The molecule has 7 nitrogen and oxygen atoms in total. The fraction of sp³-hybridized carbons (Fsp3) is 0.333. The molecule has 0 spiro atoms. The van der Waals surface area contributed by atoms with E-state index in [2.05, 4.69) is 25.3 Å². The van der Waals surface area contributed by atoms with Crippen LogP contribution in [-0.4, -0.2) is 34.1 Å². The van der Waals surface area contributed by atoms with Crippen LogP contribution >= 0.6 is 0 Å². The van der Waals surface area contributed by atoms with Crippen LogP contribution in [-0.2, 0) is 0 Å². The van der Waals surface area contributed by atoms with Gasteiger partial charge in [0.25, 0.3) is 5.91 Å². The Labute approximate surface area is 109 Å². The van der Waals surface area contributed by atoms with Crippen molar-refractivity contribution >= 4 is 17.5 Å². The van der Waals surface area contributed by atoms with Gasteiger partial charge in [-0.3, -0.25) is 4.79 Å². The summed E-state index contributed by atoms with van der Waals surface area (Å²) >= 11 is 0. The molecule has 3 heterocycles. The Bertz CT molecular complexity index is 563. The molecular formula is C12H13N5O2. The van der Waals surface area contributed by atoms with Crippen LogP contribution in [0.3, 0.4) is 0 Å². The lowest BCUT2D eigenvalue weighted by Gasteiger charge is -2.16. The number of amides is 1. The molecule has 1 fully saturated rings. The summed E-state index contributed by atoms with van der Waals surface area (Å²) in [6.07, 6.45) is 5.21. The van der Waals surface area contributed by atoms with Gasteiger partial charge in [0.2, 0.25) is 5.76 Å². The van der Waals surface area contributed by atoms with Gasteiger partial charge in [0.05, 0.1) is 6.20 Å². The van der Waals surface area contributed by atoms with E-state index in [9.17, 15) is 4.79 Å². The van der Waals surface area contributed by atoms with Crippen molar-refractivity contribution in [2.24, 2.45) is 0 Å². The van der Waals surface area contributed by atoms with Gasteiger partial charge in [-0.25, -0.2) is 9.97 Å². The lowest BCUT2D eigenvalue weighted by Crippen LogP contribution is -2.20. The van der Waals surface area contributed by atoms with Gasteiger partial charge >= 0.3 is 0 Å². The van der Waals surface area contributed by atoms with Gasteiger partial charge in [0, 0.05) is 25.2 Å². The predicted molar refractivity (Wildman–Crippen MR) is 67.9 cm³/mol. The molecule has 0 unspecified atom stereocenters. The molecule has 7 heteroatoms. The first-order chi connectivity index (χ1) is 9.33. The third-order valence-corrected chi connectivity index (χ3v) is 2.99. The highest BCUT2D eigenvalue weighted by Crippen LogP contribution is 2.19. The molecule has 2 aromatic rings. The maximum Gasteiger partial charge on any atom is 0.295 e. The van der Waals surface area contributed by atoms with E-state index in [0.717, 1.165) is 18.9 Å². The van der Waals surface area contributed by atoms with Gasteiger partial charge in [0.15, 0.2) is 0 Å². The van der Waals surface area contributed by atoms with Crippen molar-refractivity contribution < 1.29 is 9.32 Å². The lowest BCUT2D eigenvalue weighted by molar-refractivity contribution is 0.0987. The fourth-order valence-electron chi connectivity index (χ4n) is 2.05. The SMILES string of the molecule is O=C(Nc1cc(N2CCCC2)ncn1)c1ccno1. The number of carbonyl (C=O) groups excluding carboxylic acids is 1. The standard InChI is InChI=1S/C12H13N5O2/c18-12(9-3-4-15-19-9)16-10-7-11(14-8-13-10)17-5-1-2-6-17/h3-4,7-8H,1-2,5-6H2,(H,13,14,16,18). The van der Waals surface area contributed by atoms with Gasteiger partial charge in [-0.05, 0) is 12.8 Å². The van der Waals surface area contributed by atoms with Crippen molar-refractivity contribution in [1.82, 2.24) is 15.1 Å². The third-order valence-electron chi connectivity index (χ3n) is 2.99. The molecule has 1 amide bonds. The van der Waals surface area contributed by atoms with Crippen LogP contribution < -0.4 is 10.2 Å². The van der Waals surface area contributed by atoms with Crippen LogP contribution in [0.15, 0.2) is 29.2 Å². The Kier molecular flexibility index (Phi) is 3.09. The van der Waals surface area contributed by atoms with Crippen LogP contribution in [0.4, 0.5) is 11.6 Å². The van der Waals surface area contributed by atoms with Crippen molar-refractivity contribution in [2.75, 3.05) is 23.3 Å². The van der Waals surface area contributed by atoms with Gasteiger partial charge in [-0.2, -0.15) is 0 Å². The maximum atomic E-state index is 11.8. The second-order valence-corrected chi connectivity index (χ2v) is 4.29. The minimum absolute atomic E-state index is 0.154. The predicted octanol–water partition coefficient (Wildman–Crippen LogP) is 1.32. The summed E-state index contributed by atoms with van der Waals surface area (Å²) in [5.41, 5.74) is 0. The van der Waals surface area contributed by atoms with Gasteiger partial charge in [-0.15, -0.1) is 0 Å². The summed E-state index contributed by atoms with van der Waals surface area (Å²) in [5.74, 6) is 1.07. The van der Waals surface area contributed by atoms with Crippen molar-refractivity contribution in [2.45, 2.75) is 12.8 Å². The summed E-state index contributed by atoms with van der Waals surface area (Å²) in [6, 6.07) is 3.26. The van der Waals surface area contributed by atoms with E-state index >= 15 is 0 Å². The molecule has 98 valence electrons. The topological polar surface area (TPSA) is 84.2 Å². The first-order valence-electron chi connectivity index (χ1n) is 6.12. The Balaban J connectivity index is 1.74. The number of nitrogens with zero attached hydrogens (tertiary/aromatic N) is 4. The monoisotopic (exact) mass is 259 g/mol. The molecule has 0 atom stereocenters. The highest BCUT2D eigenvalue weighted by molar-refractivity contribution is 6.01. The molecular weight excluding hydrogens is 246 g/mol. The molecule has 0 bridgehead atoms. The number of hydrogen-bond donors (Lipinski definition) is 1. The highest BCUT2D eigenvalue weighted by Gasteiger charge is 2.15. The molecule has 1 saturated heterocycles. The fourth-order valence-corrected chi connectivity index (χ4v) is 2.05. The molecule has 0 saturated carbocycles. The summed E-state index contributed by atoms with van der Waals surface area (Å²) in [5, 5.41) is 6.15. The smallest absolute Gasteiger partial charge is 0.295 e. The average molecular weight is 259 g/mol. The number of carbonyl (C=O) groups is 1. The Hall–Kier alpha value is -2.44. The van der Waals surface area contributed by atoms with Crippen molar-refractivity contribution in [1.29, 1.82) is 0 Å². The third kappa shape index (κ3) is 2.54. The largest absolute Gasteiger partial charge is 0.356 e. The Morgan fingerprint density at radius 3 is 2.89 bits per heavy atom. The molecule has 19 heavy (non-hydrogen) atoms. The van der Waals surface area contributed by atoms with Gasteiger partial charge in [-0.1, -0.05) is 5.16 Å². The molecule has 0 aromatic carbocycles. The highest BCUT2D eigenvalue weighted by atomic mass is 16.5. The zero-order chi connectivity index (χ0) is 13.1. The quantitative estimate of drug-likeness (QED) is 0.894. The average Bonchev–Trinajstić information content (AvgIpc) is 3.13. The minimum atomic E-state index is -0.372. The zero-order valence-corrected chi connectivity index (χ0v) is 10.2. The van der Waals surface area contributed by atoms with E-state index in [1.165, 1.54) is 31.4 Å². The zero-order valence-electron chi connectivity index (χ0n) is 10.2. The van der Waals surface area contributed by atoms with E-state index in [-0.39, 0.29) is 11.7 Å². The molecule has 2 aromatic heterocycles. The van der Waals surface area contributed by atoms with Crippen molar-refractivity contribution in [3.63, 3.8) is 0 Å². The normalized spacial score (nSPS) is 14.6. The van der Waals surface area contributed by atoms with E-state index in [0.29, 0.717) is 5.82 Å². The van der Waals surface area contributed by atoms with Crippen molar-refractivity contribution in [3.05, 3.63) is 30.4 Å². The summed E-state index contributed by atoms with van der Waals surface area (Å²) in [7, 11) is 0. The molecule has 0 radical (unpaired) electrons. The van der Waals surface area contributed by atoms with Crippen molar-refractivity contribution in [3.8, 4) is 0 Å². The summed E-state index contributed by atoms with van der Waals surface area (Å²) in [6.45, 7) is 1.99. The van der Waals surface area contributed by atoms with E-state index in [4.69, 9.17) is 4.52 Å². The Morgan fingerprint density at radius 1 is 1.32 bits per heavy atom. The first-order valence-corrected chi connectivity index (χ1v) is 6.12. The number of rotatable bonds is 3. The summed E-state index contributed by atoms with van der Waals surface area (Å²) < 4.78 is 4.78. The molecule has 1 aliphatic heterocycles. The van der Waals surface area contributed by atoms with Crippen LogP contribution in [0.25, 0.3) is 0 Å². The number of hydrogen-bond acceptors (Lipinski definition) is 6. The van der Waals surface area contributed by atoms with E-state index in [1.807, 2.05) is 0 Å². The summed E-state index contributed by atoms with van der Waals surface area (Å²) in [4.78, 5) is 22.2. The minimum Gasteiger partial charge on any atom is -0.356 e. The molecule has 0 aliphatic carbocycles. The van der Waals surface area contributed by atoms with E-state index in [1.54, 1.807) is 6.07 Å². The van der Waals surface area contributed by atoms with Gasteiger partial charge in [0.1, 0.15) is 18.0 Å². The van der Waals surface area contributed by atoms with E-state index < -0.39 is 0 Å². The van der Waals surface area contributed by atoms with Crippen LogP contribution in [0.5, 0.6) is 0 Å². The number of nitrogens with one attached hydrogen (secondary N) is 1.